The highest BCUT2D eigenvalue weighted by atomic mass is 19.2. The number of nitrogens with zero attached hydrogens (tertiary/aromatic N) is 3. The van der Waals surface area contributed by atoms with Gasteiger partial charge in [-0.25, -0.2) is 13.2 Å². The number of hydrogen-bond acceptors (Lipinski definition) is 4. The zero-order valence-corrected chi connectivity index (χ0v) is 15.8. The second-order valence-corrected chi connectivity index (χ2v) is 6.61. The lowest BCUT2D eigenvalue weighted by atomic mass is 10.1. The Morgan fingerprint density at radius 3 is 2.37 bits per heavy atom. The van der Waals surface area contributed by atoms with Gasteiger partial charge in [0.25, 0.3) is 0 Å². The van der Waals surface area contributed by atoms with Gasteiger partial charge in [0.15, 0.2) is 17.5 Å². The van der Waals surface area contributed by atoms with Gasteiger partial charge in [-0.1, -0.05) is 6.92 Å². The molecule has 0 aliphatic carbocycles. The van der Waals surface area contributed by atoms with Gasteiger partial charge in [-0.05, 0) is 38.9 Å². The van der Waals surface area contributed by atoms with Crippen LogP contribution in [0.5, 0.6) is 0 Å². The first-order valence-corrected chi connectivity index (χ1v) is 8.37. The van der Waals surface area contributed by atoms with Crippen LogP contribution in [0.2, 0.25) is 0 Å². The maximum atomic E-state index is 13.7. The second-order valence-electron chi connectivity index (χ2n) is 6.61. The van der Waals surface area contributed by atoms with Gasteiger partial charge in [-0.15, -0.1) is 0 Å². The Hall–Kier alpha value is -2.60. The molecule has 0 atom stereocenters. The molecule has 6 nitrogen and oxygen atoms in total. The first kappa shape index (κ1) is 22.4. The van der Waals surface area contributed by atoms with Gasteiger partial charge in [0.1, 0.15) is 5.54 Å². The van der Waals surface area contributed by atoms with E-state index in [0.29, 0.717) is 19.0 Å². The van der Waals surface area contributed by atoms with E-state index >= 15 is 0 Å². The third-order valence-electron chi connectivity index (χ3n) is 4.06. The largest absolute Gasteiger partial charge is 0.326 e. The molecule has 27 heavy (non-hydrogen) atoms. The third-order valence-corrected chi connectivity index (χ3v) is 4.06. The number of likely N-dealkylation sites (N-methyl/N-ethyl adjacent to an activating group) is 1. The number of nitriles is 1. The molecule has 0 aliphatic heterocycles. The molecule has 0 bridgehead atoms. The number of halogens is 3. The molecular formula is C18H23F3N4O2. The average Bonchev–Trinajstić information content (AvgIpc) is 2.61. The smallest absolute Gasteiger partial charge is 0.238 e. The zero-order chi connectivity index (χ0) is 20.8. The van der Waals surface area contributed by atoms with E-state index < -0.39 is 34.6 Å². The van der Waals surface area contributed by atoms with Crippen LogP contribution in [0.4, 0.5) is 18.9 Å². The van der Waals surface area contributed by atoms with Crippen molar-refractivity contribution in [2.45, 2.75) is 32.7 Å². The first-order valence-electron chi connectivity index (χ1n) is 8.37. The van der Waals surface area contributed by atoms with E-state index in [1.165, 1.54) is 16.8 Å². The summed E-state index contributed by atoms with van der Waals surface area (Å²) in [6.07, 6.45) is 0.644. The van der Waals surface area contributed by atoms with Crippen molar-refractivity contribution in [1.82, 2.24) is 9.80 Å². The lowest BCUT2D eigenvalue weighted by Gasteiger charge is -2.31. The fourth-order valence-electron chi connectivity index (χ4n) is 2.23. The molecule has 0 heterocycles. The Morgan fingerprint density at radius 1 is 1.19 bits per heavy atom. The summed E-state index contributed by atoms with van der Waals surface area (Å²) in [4.78, 5) is 27.3. The molecule has 1 N–H and O–H groups in total. The molecule has 1 aromatic rings. The lowest BCUT2D eigenvalue weighted by Crippen LogP contribution is -2.49. The Morgan fingerprint density at radius 2 is 1.81 bits per heavy atom. The van der Waals surface area contributed by atoms with Crippen LogP contribution < -0.4 is 5.32 Å². The number of amides is 2. The fraction of sp³-hybridized carbons (Fsp3) is 0.500. The predicted molar refractivity (Wildman–Crippen MR) is 94.1 cm³/mol. The number of benzene rings is 1. The molecule has 0 saturated heterocycles. The van der Waals surface area contributed by atoms with Crippen LogP contribution in [0.25, 0.3) is 0 Å². The normalized spacial score (nSPS) is 11.2. The highest BCUT2D eigenvalue weighted by molar-refractivity contribution is 5.92. The Bertz CT molecular complexity index is 747. The highest BCUT2D eigenvalue weighted by Crippen LogP contribution is 2.19. The molecule has 0 fully saturated rings. The van der Waals surface area contributed by atoms with Crippen molar-refractivity contribution in [2.24, 2.45) is 0 Å². The molecule has 1 rings (SSSR count). The minimum absolute atomic E-state index is 0.122. The van der Waals surface area contributed by atoms with E-state index in [9.17, 15) is 22.8 Å². The van der Waals surface area contributed by atoms with E-state index in [1.807, 2.05) is 13.0 Å². The summed E-state index contributed by atoms with van der Waals surface area (Å²) in [5, 5.41) is 11.3. The van der Waals surface area contributed by atoms with Gasteiger partial charge < -0.3 is 10.2 Å². The Balaban J connectivity index is 2.80. The number of nitrogens with one attached hydrogen (secondary N) is 1. The third kappa shape index (κ3) is 5.96. The van der Waals surface area contributed by atoms with Crippen LogP contribution in [0.15, 0.2) is 12.1 Å². The number of hydrogen-bond donors (Lipinski definition) is 1. The minimum atomic E-state index is -1.67. The van der Waals surface area contributed by atoms with Crippen molar-refractivity contribution >= 4 is 17.5 Å². The van der Waals surface area contributed by atoms with E-state index in [4.69, 9.17) is 5.26 Å². The maximum absolute atomic E-state index is 13.7. The van der Waals surface area contributed by atoms with Gasteiger partial charge >= 0.3 is 0 Å². The van der Waals surface area contributed by atoms with Crippen molar-refractivity contribution in [3.63, 3.8) is 0 Å². The maximum Gasteiger partial charge on any atom is 0.238 e. The molecular weight excluding hydrogens is 361 g/mol. The number of carbonyl (C=O) groups excluding carboxylic acids is 2. The summed E-state index contributed by atoms with van der Waals surface area (Å²) >= 11 is 0. The van der Waals surface area contributed by atoms with Crippen LogP contribution in [0, 0.1) is 28.8 Å². The quantitative estimate of drug-likeness (QED) is 0.699. The van der Waals surface area contributed by atoms with E-state index in [-0.39, 0.29) is 19.0 Å². The average molecular weight is 384 g/mol. The molecule has 0 unspecified atom stereocenters. The summed E-state index contributed by atoms with van der Waals surface area (Å²) in [7, 11) is 1.49. The van der Waals surface area contributed by atoms with Gasteiger partial charge in [-0.3, -0.25) is 14.5 Å². The monoisotopic (exact) mass is 384 g/mol. The van der Waals surface area contributed by atoms with Crippen molar-refractivity contribution in [2.75, 3.05) is 32.0 Å². The minimum Gasteiger partial charge on any atom is -0.326 e. The highest BCUT2D eigenvalue weighted by Gasteiger charge is 2.28. The SMILES string of the molecule is CCCN(CC(=O)Nc1ccc(F)c(F)c1F)CC(=O)N(C)C(C)(C)C#N. The van der Waals surface area contributed by atoms with Crippen molar-refractivity contribution in [3.8, 4) is 6.07 Å². The zero-order valence-electron chi connectivity index (χ0n) is 15.8. The Labute approximate surface area is 156 Å². The molecule has 0 aliphatic rings. The van der Waals surface area contributed by atoms with E-state index in [0.717, 1.165) is 6.07 Å². The van der Waals surface area contributed by atoms with Crippen molar-refractivity contribution in [1.29, 1.82) is 5.26 Å². The van der Waals surface area contributed by atoms with Crippen molar-refractivity contribution < 1.29 is 22.8 Å². The van der Waals surface area contributed by atoms with E-state index in [2.05, 4.69) is 5.32 Å². The van der Waals surface area contributed by atoms with Crippen LogP contribution in [0.3, 0.4) is 0 Å². The molecule has 1 aromatic carbocycles. The van der Waals surface area contributed by atoms with Crippen LogP contribution >= 0.6 is 0 Å². The summed E-state index contributed by atoms with van der Waals surface area (Å²) in [6.45, 7) is 5.07. The molecule has 0 saturated carbocycles. The molecule has 2 amide bonds. The summed E-state index contributed by atoms with van der Waals surface area (Å²) < 4.78 is 39.9. The summed E-state index contributed by atoms with van der Waals surface area (Å²) in [5.41, 5.74) is -1.49. The van der Waals surface area contributed by atoms with Gasteiger partial charge in [-0.2, -0.15) is 5.26 Å². The molecule has 0 radical (unpaired) electrons. The topological polar surface area (TPSA) is 76.4 Å². The van der Waals surface area contributed by atoms with Gasteiger partial charge in [0, 0.05) is 7.05 Å². The number of carbonyl (C=O) groups is 2. The molecule has 0 spiro atoms. The van der Waals surface area contributed by atoms with Crippen molar-refractivity contribution in [3.05, 3.63) is 29.6 Å². The van der Waals surface area contributed by atoms with E-state index in [1.54, 1.807) is 13.8 Å². The summed E-state index contributed by atoms with van der Waals surface area (Å²) in [6, 6.07) is 3.65. The number of anilines is 1. The molecule has 0 aromatic heterocycles. The van der Waals surface area contributed by atoms with Gasteiger partial charge in [0.05, 0.1) is 24.8 Å². The second kappa shape index (κ2) is 9.37. The van der Waals surface area contributed by atoms with Crippen LogP contribution in [-0.2, 0) is 9.59 Å². The molecule has 148 valence electrons. The van der Waals surface area contributed by atoms with Crippen LogP contribution in [0.1, 0.15) is 27.2 Å². The molecule has 9 heteroatoms. The summed E-state index contributed by atoms with van der Waals surface area (Å²) in [5.74, 6) is -5.55. The predicted octanol–water partition coefficient (Wildman–Crippen LogP) is 2.51. The van der Waals surface area contributed by atoms with Gasteiger partial charge in [0.2, 0.25) is 11.8 Å². The lowest BCUT2D eigenvalue weighted by molar-refractivity contribution is -0.134. The fourth-order valence-corrected chi connectivity index (χ4v) is 2.23. The first-order chi connectivity index (χ1) is 12.5. The number of rotatable bonds is 8. The standard InChI is InChI=1S/C18H23F3N4O2/c1-5-8-25(10-15(27)24(4)18(2,3)11-22)9-14(26)23-13-7-6-12(19)16(20)17(13)21/h6-7H,5,8-10H2,1-4H3,(H,23,26). The Kier molecular flexibility index (Phi) is 7.79. The van der Waals surface area contributed by atoms with Crippen LogP contribution in [-0.4, -0.2) is 53.8 Å².